The van der Waals surface area contributed by atoms with Gasteiger partial charge in [-0.2, -0.15) is 0 Å². The van der Waals surface area contributed by atoms with E-state index in [0.29, 0.717) is 17.4 Å². The Kier molecular flexibility index (Phi) is 3.92. The van der Waals surface area contributed by atoms with Crippen molar-refractivity contribution in [1.82, 2.24) is 10.3 Å². The number of nitrogens with one attached hydrogen (secondary N) is 1. The topological polar surface area (TPSA) is 34.1 Å². The van der Waals surface area contributed by atoms with Crippen LogP contribution in [0.3, 0.4) is 0 Å². The fourth-order valence-corrected chi connectivity index (χ4v) is 1.91. The van der Waals surface area contributed by atoms with E-state index in [1.165, 1.54) is 18.9 Å². The number of halogens is 1. The quantitative estimate of drug-likeness (QED) is 0.877. The highest BCUT2D eigenvalue weighted by Crippen LogP contribution is 2.19. The fraction of sp³-hybridized carbons (Fsp3) is 0.312. The van der Waals surface area contributed by atoms with E-state index in [9.17, 15) is 4.39 Å². The van der Waals surface area contributed by atoms with E-state index >= 15 is 0 Å². The Balaban J connectivity index is 1.53. The zero-order chi connectivity index (χ0) is 13.8. The van der Waals surface area contributed by atoms with Gasteiger partial charge in [-0.25, -0.2) is 4.39 Å². The van der Waals surface area contributed by atoms with Gasteiger partial charge in [0.25, 0.3) is 0 Å². The van der Waals surface area contributed by atoms with Crippen molar-refractivity contribution in [3.05, 3.63) is 59.7 Å². The first kappa shape index (κ1) is 13.1. The average molecular weight is 272 g/mol. The molecular weight excluding hydrogens is 255 g/mol. The third-order valence-electron chi connectivity index (χ3n) is 3.30. The Morgan fingerprint density at radius 2 is 2.05 bits per heavy atom. The SMILES string of the molecule is Fc1ccccc1COc1ccc(CNC2CC2)nc1. The highest BCUT2D eigenvalue weighted by Gasteiger charge is 2.20. The van der Waals surface area contributed by atoms with E-state index in [4.69, 9.17) is 4.74 Å². The number of pyridine rings is 1. The molecule has 20 heavy (non-hydrogen) atoms. The standard InChI is InChI=1S/C16H17FN2O/c17-16-4-2-1-3-12(16)11-20-15-8-7-14(19-10-15)9-18-13-5-6-13/h1-4,7-8,10,13,18H,5-6,9,11H2. The van der Waals surface area contributed by atoms with Crippen molar-refractivity contribution in [3.8, 4) is 5.75 Å². The molecule has 0 radical (unpaired) electrons. The number of hydrogen-bond acceptors (Lipinski definition) is 3. The lowest BCUT2D eigenvalue weighted by molar-refractivity contribution is 0.298. The summed E-state index contributed by atoms with van der Waals surface area (Å²) in [6.45, 7) is 1.01. The maximum absolute atomic E-state index is 13.4. The third-order valence-corrected chi connectivity index (χ3v) is 3.30. The van der Waals surface area contributed by atoms with Crippen LogP contribution >= 0.6 is 0 Å². The predicted molar refractivity (Wildman–Crippen MR) is 74.8 cm³/mol. The van der Waals surface area contributed by atoms with Crippen LogP contribution in [0.2, 0.25) is 0 Å². The first-order valence-corrected chi connectivity index (χ1v) is 6.86. The molecule has 4 heteroatoms. The lowest BCUT2D eigenvalue weighted by Crippen LogP contribution is -2.16. The van der Waals surface area contributed by atoms with E-state index in [1.807, 2.05) is 12.1 Å². The summed E-state index contributed by atoms with van der Waals surface area (Å²) in [5, 5.41) is 3.40. The Morgan fingerprint density at radius 3 is 2.75 bits per heavy atom. The van der Waals surface area contributed by atoms with Gasteiger partial charge in [-0.1, -0.05) is 18.2 Å². The van der Waals surface area contributed by atoms with Crippen LogP contribution in [0, 0.1) is 5.82 Å². The van der Waals surface area contributed by atoms with Gasteiger partial charge in [0, 0.05) is 18.2 Å². The van der Waals surface area contributed by atoms with Crippen LogP contribution in [-0.4, -0.2) is 11.0 Å². The molecule has 0 spiro atoms. The monoisotopic (exact) mass is 272 g/mol. The maximum atomic E-state index is 13.4. The normalized spacial score (nSPS) is 14.2. The number of nitrogens with zero attached hydrogens (tertiary/aromatic N) is 1. The number of rotatable bonds is 6. The predicted octanol–water partition coefficient (Wildman–Crippen LogP) is 3.05. The second kappa shape index (κ2) is 6.01. The molecule has 0 saturated heterocycles. The van der Waals surface area contributed by atoms with Crippen molar-refractivity contribution in [2.24, 2.45) is 0 Å². The van der Waals surface area contributed by atoms with Gasteiger partial charge in [-0.15, -0.1) is 0 Å². The number of aromatic nitrogens is 1. The first-order valence-electron chi connectivity index (χ1n) is 6.86. The molecule has 0 unspecified atom stereocenters. The van der Waals surface area contributed by atoms with Crippen molar-refractivity contribution in [1.29, 1.82) is 0 Å². The van der Waals surface area contributed by atoms with Crippen LogP contribution in [0.1, 0.15) is 24.1 Å². The van der Waals surface area contributed by atoms with Crippen molar-refractivity contribution in [2.75, 3.05) is 0 Å². The minimum absolute atomic E-state index is 0.216. The first-order chi connectivity index (χ1) is 9.81. The molecule has 1 heterocycles. The minimum Gasteiger partial charge on any atom is -0.487 e. The molecule has 1 aromatic heterocycles. The van der Waals surface area contributed by atoms with Gasteiger partial charge < -0.3 is 10.1 Å². The van der Waals surface area contributed by atoms with Crippen LogP contribution in [0.15, 0.2) is 42.6 Å². The molecule has 1 saturated carbocycles. The Hall–Kier alpha value is -1.94. The summed E-state index contributed by atoms with van der Waals surface area (Å²) in [7, 11) is 0. The molecule has 104 valence electrons. The fourth-order valence-electron chi connectivity index (χ4n) is 1.91. The molecule has 3 rings (SSSR count). The van der Waals surface area contributed by atoms with Gasteiger partial charge in [0.05, 0.1) is 11.9 Å². The Bertz CT molecular complexity index is 567. The van der Waals surface area contributed by atoms with E-state index in [2.05, 4.69) is 10.3 Å². The molecule has 0 atom stereocenters. The molecule has 0 amide bonds. The van der Waals surface area contributed by atoms with Crippen LogP contribution in [-0.2, 0) is 13.2 Å². The zero-order valence-electron chi connectivity index (χ0n) is 11.2. The maximum Gasteiger partial charge on any atom is 0.138 e. The van der Waals surface area contributed by atoms with Gasteiger partial charge >= 0.3 is 0 Å². The number of ether oxygens (including phenoxy) is 1. The van der Waals surface area contributed by atoms with Gasteiger partial charge in [0.2, 0.25) is 0 Å². The average Bonchev–Trinajstić information content (AvgIpc) is 3.30. The largest absolute Gasteiger partial charge is 0.487 e. The summed E-state index contributed by atoms with van der Waals surface area (Å²) in [4.78, 5) is 4.33. The van der Waals surface area contributed by atoms with Gasteiger partial charge in [0.15, 0.2) is 0 Å². The molecular formula is C16H17FN2O. The Morgan fingerprint density at radius 1 is 1.20 bits per heavy atom. The summed E-state index contributed by atoms with van der Waals surface area (Å²) in [6, 6.07) is 11.1. The van der Waals surface area contributed by atoms with Crippen LogP contribution < -0.4 is 10.1 Å². The molecule has 3 nitrogen and oxygen atoms in total. The minimum atomic E-state index is -0.245. The van der Waals surface area contributed by atoms with Crippen LogP contribution in [0.4, 0.5) is 4.39 Å². The van der Waals surface area contributed by atoms with E-state index in [1.54, 1.807) is 24.4 Å². The summed E-state index contributed by atoms with van der Waals surface area (Å²) in [6.07, 6.45) is 4.22. The van der Waals surface area contributed by atoms with E-state index in [-0.39, 0.29) is 12.4 Å². The summed E-state index contributed by atoms with van der Waals surface area (Å²) in [5.74, 6) is 0.411. The molecule has 0 aliphatic heterocycles. The smallest absolute Gasteiger partial charge is 0.138 e. The van der Waals surface area contributed by atoms with Crippen LogP contribution in [0.25, 0.3) is 0 Å². The third kappa shape index (κ3) is 3.54. The zero-order valence-corrected chi connectivity index (χ0v) is 11.2. The summed E-state index contributed by atoms with van der Waals surface area (Å²) >= 11 is 0. The second-order valence-electron chi connectivity index (χ2n) is 5.02. The van der Waals surface area contributed by atoms with Gasteiger partial charge in [-0.05, 0) is 31.0 Å². The van der Waals surface area contributed by atoms with Gasteiger partial charge in [0.1, 0.15) is 18.2 Å². The Labute approximate surface area is 117 Å². The molecule has 1 N–H and O–H groups in total. The van der Waals surface area contributed by atoms with Crippen molar-refractivity contribution < 1.29 is 9.13 Å². The molecule has 2 aromatic rings. The van der Waals surface area contributed by atoms with Crippen molar-refractivity contribution in [2.45, 2.75) is 32.0 Å². The molecule has 1 aromatic carbocycles. The lowest BCUT2D eigenvalue weighted by Gasteiger charge is -2.08. The van der Waals surface area contributed by atoms with Crippen molar-refractivity contribution >= 4 is 0 Å². The van der Waals surface area contributed by atoms with Crippen LogP contribution in [0.5, 0.6) is 5.75 Å². The molecule has 1 aliphatic rings. The molecule has 1 aliphatic carbocycles. The highest BCUT2D eigenvalue weighted by molar-refractivity contribution is 5.22. The number of hydrogen-bond donors (Lipinski definition) is 1. The summed E-state index contributed by atoms with van der Waals surface area (Å²) < 4.78 is 19.0. The van der Waals surface area contributed by atoms with E-state index in [0.717, 1.165) is 12.2 Å². The van der Waals surface area contributed by atoms with Gasteiger partial charge in [-0.3, -0.25) is 4.98 Å². The van der Waals surface area contributed by atoms with Crippen molar-refractivity contribution in [3.63, 3.8) is 0 Å². The second-order valence-corrected chi connectivity index (χ2v) is 5.02. The molecule has 0 bridgehead atoms. The van der Waals surface area contributed by atoms with E-state index < -0.39 is 0 Å². The summed E-state index contributed by atoms with van der Waals surface area (Å²) in [5.41, 5.74) is 1.54. The highest BCUT2D eigenvalue weighted by atomic mass is 19.1. The lowest BCUT2D eigenvalue weighted by atomic mass is 10.2. The number of benzene rings is 1. The molecule has 1 fully saturated rings.